The van der Waals surface area contributed by atoms with Crippen LogP contribution in [0.5, 0.6) is 0 Å². The molecule has 0 radical (unpaired) electrons. The van der Waals surface area contributed by atoms with Crippen LogP contribution in [0.2, 0.25) is 0 Å². The maximum atomic E-state index is 11.9. The van der Waals surface area contributed by atoms with Crippen LogP contribution in [0.15, 0.2) is 30.3 Å². The molecule has 2 N–H and O–H groups in total. The first-order valence-corrected chi connectivity index (χ1v) is 6.94. The summed E-state index contributed by atoms with van der Waals surface area (Å²) in [5.74, 6) is 0.228. The van der Waals surface area contributed by atoms with Crippen molar-refractivity contribution in [3.05, 3.63) is 35.9 Å². The summed E-state index contributed by atoms with van der Waals surface area (Å²) in [4.78, 5) is 14.2. The van der Waals surface area contributed by atoms with Crippen LogP contribution in [0.1, 0.15) is 18.4 Å². The highest BCUT2D eigenvalue weighted by Crippen LogP contribution is 2.18. The van der Waals surface area contributed by atoms with Gasteiger partial charge in [-0.25, -0.2) is 0 Å². The third-order valence-corrected chi connectivity index (χ3v) is 3.53. The Labute approximate surface area is 114 Å². The van der Waals surface area contributed by atoms with Gasteiger partial charge in [0.05, 0.1) is 5.92 Å². The molecule has 0 bridgehead atoms. The summed E-state index contributed by atoms with van der Waals surface area (Å²) in [7, 11) is 0. The number of aliphatic hydroxyl groups excluding tert-OH is 1. The molecule has 0 saturated carbocycles. The summed E-state index contributed by atoms with van der Waals surface area (Å²) < 4.78 is 0. The average Bonchev–Trinajstić information content (AvgIpc) is 2.89. The van der Waals surface area contributed by atoms with Crippen molar-refractivity contribution in [2.24, 2.45) is 5.92 Å². The largest absolute Gasteiger partial charge is 0.396 e. The van der Waals surface area contributed by atoms with E-state index < -0.39 is 0 Å². The molecule has 1 aromatic carbocycles. The molecule has 1 saturated heterocycles. The second-order valence-electron chi connectivity index (χ2n) is 5.07. The van der Waals surface area contributed by atoms with Crippen molar-refractivity contribution in [1.82, 2.24) is 10.2 Å². The van der Waals surface area contributed by atoms with Crippen molar-refractivity contribution in [3.63, 3.8) is 0 Å². The van der Waals surface area contributed by atoms with Gasteiger partial charge in [0.1, 0.15) is 0 Å². The Morgan fingerprint density at radius 1 is 1.37 bits per heavy atom. The number of nitrogens with one attached hydrogen (secondary N) is 1. The Kier molecular flexibility index (Phi) is 5.36. The van der Waals surface area contributed by atoms with Gasteiger partial charge in [0.15, 0.2) is 0 Å². The SMILES string of the molecule is O=C(NCCCO)C1CCN(Cc2ccccc2)C1. The first-order chi connectivity index (χ1) is 9.29. The highest BCUT2D eigenvalue weighted by molar-refractivity contribution is 5.79. The quantitative estimate of drug-likeness (QED) is 0.752. The first-order valence-electron chi connectivity index (χ1n) is 6.94. The van der Waals surface area contributed by atoms with Crippen molar-refractivity contribution in [2.75, 3.05) is 26.2 Å². The fourth-order valence-electron chi connectivity index (χ4n) is 2.47. The molecule has 1 fully saturated rings. The van der Waals surface area contributed by atoms with Crippen molar-refractivity contribution >= 4 is 5.91 Å². The Balaban J connectivity index is 1.75. The molecule has 0 aliphatic carbocycles. The summed E-state index contributed by atoms with van der Waals surface area (Å²) in [5, 5.41) is 11.6. The smallest absolute Gasteiger partial charge is 0.224 e. The number of rotatable bonds is 6. The third-order valence-electron chi connectivity index (χ3n) is 3.53. The van der Waals surface area contributed by atoms with Crippen LogP contribution >= 0.6 is 0 Å². The van der Waals surface area contributed by atoms with E-state index >= 15 is 0 Å². The molecule has 1 aromatic rings. The number of carbonyl (C=O) groups excluding carboxylic acids is 1. The van der Waals surface area contributed by atoms with Crippen LogP contribution in [0, 0.1) is 5.92 Å². The zero-order valence-electron chi connectivity index (χ0n) is 11.2. The van der Waals surface area contributed by atoms with E-state index in [1.807, 2.05) is 18.2 Å². The summed E-state index contributed by atoms with van der Waals surface area (Å²) >= 11 is 0. The lowest BCUT2D eigenvalue weighted by atomic mass is 10.1. The molecule has 1 aliphatic rings. The van der Waals surface area contributed by atoms with Gasteiger partial charge < -0.3 is 10.4 Å². The molecule has 4 nitrogen and oxygen atoms in total. The van der Waals surface area contributed by atoms with Crippen molar-refractivity contribution in [3.8, 4) is 0 Å². The maximum absolute atomic E-state index is 11.9. The fourth-order valence-corrected chi connectivity index (χ4v) is 2.47. The lowest BCUT2D eigenvalue weighted by molar-refractivity contribution is -0.124. The van der Waals surface area contributed by atoms with Crippen molar-refractivity contribution in [2.45, 2.75) is 19.4 Å². The predicted octanol–water partition coefficient (Wildman–Crippen LogP) is 1.01. The molecule has 0 spiro atoms. The predicted molar refractivity (Wildman–Crippen MR) is 74.5 cm³/mol. The topological polar surface area (TPSA) is 52.6 Å². The van der Waals surface area contributed by atoms with Gasteiger partial charge in [0.2, 0.25) is 5.91 Å². The molecule has 1 unspecified atom stereocenters. The van der Waals surface area contributed by atoms with E-state index in [1.165, 1.54) is 5.56 Å². The van der Waals surface area contributed by atoms with Crippen LogP contribution in [0.3, 0.4) is 0 Å². The number of hydrogen-bond donors (Lipinski definition) is 2. The second kappa shape index (κ2) is 7.26. The zero-order valence-corrected chi connectivity index (χ0v) is 11.2. The van der Waals surface area contributed by atoms with E-state index in [2.05, 4.69) is 22.3 Å². The number of amides is 1. The Bertz CT molecular complexity index is 394. The molecule has 19 heavy (non-hydrogen) atoms. The third kappa shape index (κ3) is 4.33. The first kappa shape index (κ1) is 14.0. The van der Waals surface area contributed by atoms with Crippen LogP contribution in [0.4, 0.5) is 0 Å². The van der Waals surface area contributed by atoms with Gasteiger partial charge in [0.25, 0.3) is 0 Å². The van der Waals surface area contributed by atoms with Crippen LogP contribution in [0.25, 0.3) is 0 Å². The minimum absolute atomic E-state index is 0.0994. The van der Waals surface area contributed by atoms with E-state index in [-0.39, 0.29) is 18.4 Å². The molecule has 4 heteroatoms. The van der Waals surface area contributed by atoms with Gasteiger partial charge in [0, 0.05) is 26.2 Å². The number of aliphatic hydroxyl groups is 1. The fraction of sp³-hybridized carbons (Fsp3) is 0.533. The molecule has 104 valence electrons. The highest BCUT2D eigenvalue weighted by Gasteiger charge is 2.27. The van der Waals surface area contributed by atoms with Crippen molar-refractivity contribution < 1.29 is 9.90 Å². The van der Waals surface area contributed by atoms with E-state index in [1.54, 1.807) is 0 Å². The minimum Gasteiger partial charge on any atom is -0.396 e. The zero-order chi connectivity index (χ0) is 13.5. The van der Waals surface area contributed by atoms with Crippen LogP contribution in [-0.2, 0) is 11.3 Å². The van der Waals surface area contributed by atoms with E-state index in [9.17, 15) is 4.79 Å². The van der Waals surface area contributed by atoms with Crippen molar-refractivity contribution in [1.29, 1.82) is 0 Å². The Morgan fingerprint density at radius 3 is 2.89 bits per heavy atom. The van der Waals surface area contributed by atoms with Gasteiger partial charge in [-0.3, -0.25) is 9.69 Å². The van der Waals surface area contributed by atoms with Crippen LogP contribution < -0.4 is 5.32 Å². The molecule has 0 aromatic heterocycles. The molecular weight excluding hydrogens is 240 g/mol. The average molecular weight is 262 g/mol. The summed E-state index contributed by atoms with van der Waals surface area (Å²) in [6, 6.07) is 10.4. The summed E-state index contributed by atoms with van der Waals surface area (Å²) in [5.41, 5.74) is 1.30. The van der Waals surface area contributed by atoms with Gasteiger partial charge in [-0.15, -0.1) is 0 Å². The maximum Gasteiger partial charge on any atom is 0.224 e. The normalized spacial score (nSPS) is 19.5. The van der Waals surface area contributed by atoms with E-state index in [0.29, 0.717) is 13.0 Å². The highest BCUT2D eigenvalue weighted by atomic mass is 16.3. The standard InChI is InChI=1S/C15H22N2O2/c18-10-4-8-16-15(19)14-7-9-17(12-14)11-13-5-2-1-3-6-13/h1-3,5-6,14,18H,4,7-12H2,(H,16,19). The Morgan fingerprint density at radius 2 is 2.16 bits per heavy atom. The van der Waals surface area contributed by atoms with E-state index in [0.717, 1.165) is 26.1 Å². The summed E-state index contributed by atoms with van der Waals surface area (Å²) in [6.45, 7) is 3.43. The molecule has 1 atom stereocenters. The monoisotopic (exact) mass is 262 g/mol. The van der Waals surface area contributed by atoms with Crippen LogP contribution in [-0.4, -0.2) is 42.2 Å². The number of carbonyl (C=O) groups is 1. The number of hydrogen-bond acceptors (Lipinski definition) is 3. The van der Waals surface area contributed by atoms with Gasteiger partial charge in [-0.2, -0.15) is 0 Å². The number of nitrogens with zero attached hydrogens (tertiary/aromatic N) is 1. The van der Waals surface area contributed by atoms with Gasteiger partial charge >= 0.3 is 0 Å². The molecule has 1 heterocycles. The lowest BCUT2D eigenvalue weighted by Crippen LogP contribution is -2.33. The summed E-state index contributed by atoms with van der Waals surface area (Å²) in [6.07, 6.45) is 1.56. The van der Waals surface area contributed by atoms with Gasteiger partial charge in [-0.1, -0.05) is 30.3 Å². The second-order valence-corrected chi connectivity index (χ2v) is 5.07. The number of likely N-dealkylation sites (tertiary alicyclic amines) is 1. The van der Waals surface area contributed by atoms with E-state index in [4.69, 9.17) is 5.11 Å². The number of benzene rings is 1. The molecule has 1 amide bonds. The molecular formula is C15H22N2O2. The lowest BCUT2D eigenvalue weighted by Gasteiger charge is -2.16. The molecule has 2 rings (SSSR count). The molecule has 1 aliphatic heterocycles. The van der Waals surface area contributed by atoms with Gasteiger partial charge in [-0.05, 0) is 24.9 Å². The minimum atomic E-state index is 0.0994. The Hall–Kier alpha value is -1.39.